The number of H-pyrrole nitrogens is 1. The van der Waals surface area contributed by atoms with E-state index >= 15 is 0 Å². The van der Waals surface area contributed by atoms with E-state index in [1.54, 1.807) is 13.8 Å². The van der Waals surface area contributed by atoms with Gasteiger partial charge in [-0.15, -0.1) is 0 Å². The minimum atomic E-state index is -0.876. The van der Waals surface area contributed by atoms with E-state index < -0.39 is 11.4 Å². The van der Waals surface area contributed by atoms with Crippen molar-refractivity contribution < 1.29 is 9.90 Å². The lowest BCUT2D eigenvalue weighted by Crippen LogP contribution is -2.28. The van der Waals surface area contributed by atoms with Crippen LogP contribution in [0.15, 0.2) is 24.3 Å². The van der Waals surface area contributed by atoms with Crippen molar-refractivity contribution in [3.63, 3.8) is 0 Å². The lowest BCUT2D eigenvalue weighted by atomic mass is 9.84. The van der Waals surface area contributed by atoms with Gasteiger partial charge in [-0.25, -0.2) is 0 Å². The summed E-state index contributed by atoms with van der Waals surface area (Å²) >= 11 is 0. The topological polar surface area (TPSA) is 66.0 Å². The van der Waals surface area contributed by atoms with Crippen LogP contribution in [0.25, 0.3) is 11.1 Å². The highest BCUT2D eigenvalue weighted by Gasteiger charge is 2.29. The van der Waals surface area contributed by atoms with Gasteiger partial charge < -0.3 is 5.11 Å². The summed E-state index contributed by atoms with van der Waals surface area (Å²) in [6, 6.07) is 7.64. The lowest BCUT2D eigenvalue weighted by molar-refractivity contribution is -0.142. The molecule has 2 N–H and O–H groups in total. The molecule has 0 amide bonds. The van der Waals surface area contributed by atoms with Crippen LogP contribution in [0.5, 0.6) is 0 Å². The molecule has 4 nitrogen and oxygen atoms in total. The molecule has 0 radical (unpaired) electrons. The molecule has 0 unspecified atom stereocenters. The van der Waals surface area contributed by atoms with Crippen LogP contribution in [0.4, 0.5) is 0 Å². The molecule has 1 aromatic carbocycles. The van der Waals surface area contributed by atoms with Crippen molar-refractivity contribution in [2.24, 2.45) is 0 Å². The molecule has 2 rings (SSSR count). The van der Waals surface area contributed by atoms with Gasteiger partial charge in [0.25, 0.3) is 0 Å². The predicted octanol–water partition coefficient (Wildman–Crippen LogP) is 3.06. The molecule has 0 bridgehead atoms. The zero-order valence-electron chi connectivity index (χ0n) is 11.6. The van der Waals surface area contributed by atoms with E-state index in [1.807, 2.05) is 38.1 Å². The third kappa shape index (κ3) is 2.26. The number of aliphatic carboxylic acids is 1. The smallest absolute Gasteiger partial charge is 0.313 e. The molecule has 2 aromatic rings. The molecule has 0 atom stereocenters. The highest BCUT2D eigenvalue weighted by molar-refractivity contribution is 5.80. The number of hydrogen-bond acceptors (Lipinski definition) is 2. The maximum atomic E-state index is 11.2. The molecule has 0 saturated carbocycles. The second kappa shape index (κ2) is 4.53. The summed E-state index contributed by atoms with van der Waals surface area (Å²) in [6.07, 6.45) is 0. The summed E-state index contributed by atoms with van der Waals surface area (Å²) < 4.78 is 0. The van der Waals surface area contributed by atoms with E-state index in [0.29, 0.717) is 0 Å². The van der Waals surface area contributed by atoms with E-state index in [2.05, 4.69) is 10.2 Å². The zero-order valence-corrected chi connectivity index (χ0v) is 11.6. The van der Waals surface area contributed by atoms with Gasteiger partial charge in [-0.1, -0.05) is 24.3 Å². The predicted molar refractivity (Wildman–Crippen MR) is 74.2 cm³/mol. The molecular formula is C15H18N2O2. The number of aryl methyl sites for hydroxylation is 2. The van der Waals surface area contributed by atoms with Gasteiger partial charge in [0.1, 0.15) is 0 Å². The number of aromatic amines is 1. The van der Waals surface area contributed by atoms with Crippen molar-refractivity contribution in [2.45, 2.75) is 33.1 Å². The first-order valence-electron chi connectivity index (χ1n) is 6.20. The zero-order chi connectivity index (χ0) is 14.2. The van der Waals surface area contributed by atoms with Crippen LogP contribution in [-0.2, 0) is 10.2 Å². The van der Waals surface area contributed by atoms with E-state index in [0.717, 1.165) is 28.1 Å². The van der Waals surface area contributed by atoms with Crippen molar-refractivity contribution in [1.82, 2.24) is 10.2 Å². The van der Waals surface area contributed by atoms with Crippen molar-refractivity contribution >= 4 is 5.97 Å². The summed E-state index contributed by atoms with van der Waals surface area (Å²) in [5.41, 5.74) is 4.01. The first-order chi connectivity index (χ1) is 8.84. The summed E-state index contributed by atoms with van der Waals surface area (Å²) in [5, 5.41) is 16.3. The Morgan fingerprint density at radius 2 is 1.79 bits per heavy atom. The normalized spacial score (nSPS) is 11.6. The van der Waals surface area contributed by atoms with Crippen LogP contribution < -0.4 is 0 Å². The SMILES string of the molecule is Cc1n[nH]c(C)c1-c1ccc(C(C)(C)C(=O)O)cc1. The summed E-state index contributed by atoms with van der Waals surface area (Å²) in [5.74, 6) is -0.823. The standard InChI is InChI=1S/C15H18N2O2/c1-9-13(10(2)17-16-9)11-5-7-12(8-6-11)15(3,4)14(18)19/h5-8H,1-4H3,(H,16,17)(H,18,19). The fraction of sp³-hybridized carbons (Fsp3) is 0.333. The van der Waals surface area contributed by atoms with Gasteiger partial charge in [0, 0.05) is 11.3 Å². The van der Waals surface area contributed by atoms with Crippen LogP contribution in [0.1, 0.15) is 30.8 Å². The van der Waals surface area contributed by atoms with Crippen LogP contribution in [0.3, 0.4) is 0 Å². The summed E-state index contributed by atoms with van der Waals surface area (Å²) in [6.45, 7) is 7.34. The molecule has 0 spiro atoms. The van der Waals surface area contributed by atoms with Crippen LogP contribution in [0, 0.1) is 13.8 Å². The number of nitrogens with zero attached hydrogens (tertiary/aromatic N) is 1. The average molecular weight is 258 g/mol. The highest BCUT2D eigenvalue weighted by atomic mass is 16.4. The number of aromatic nitrogens is 2. The van der Waals surface area contributed by atoms with E-state index in [9.17, 15) is 9.90 Å². The molecule has 4 heteroatoms. The minimum absolute atomic E-state index is 0.794. The fourth-order valence-corrected chi connectivity index (χ4v) is 2.15. The van der Waals surface area contributed by atoms with Crippen molar-refractivity contribution in [2.75, 3.05) is 0 Å². The second-order valence-electron chi connectivity index (χ2n) is 5.32. The number of carboxylic acids is 1. The summed E-state index contributed by atoms with van der Waals surface area (Å²) in [7, 11) is 0. The van der Waals surface area contributed by atoms with Gasteiger partial charge in [-0.3, -0.25) is 9.89 Å². The van der Waals surface area contributed by atoms with E-state index in [-0.39, 0.29) is 0 Å². The molecule has 0 aliphatic carbocycles. The monoisotopic (exact) mass is 258 g/mol. The minimum Gasteiger partial charge on any atom is -0.481 e. The van der Waals surface area contributed by atoms with Gasteiger partial charge in [-0.2, -0.15) is 5.10 Å². The molecule has 0 aliphatic heterocycles. The third-order valence-corrected chi connectivity index (χ3v) is 3.56. The Kier molecular flexibility index (Phi) is 3.18. The van der Waals surface area contributed by atoms with Gasteiger partial charge in [0.15, 0.2) is 0 Å². The van der Waals surface area contributed by atoms with E-state index in [4.69, 9.17) is 0 Å². The number of rotatable bonds is 3. The molecule has 19 heavy (non-hydrogen) atoms. The second-order valence-corrected chi connectivity index (χ2v) is 5.32. The van der Waals surface area contributed by atoms with Gasteiger partial charge >= 0.3 is 5.97 Å². The average Bonchev–Trinajstić information content (AvgIpc) is 2.69. The third-order valence-electron chi connectivity index (χ3n) is 3.56. The largest absolute Gasteiger partial charge is 0.481 e. The molecule has 1 aromatic heterocycles. The fourth-order valence-electron chi connectivity index (χ4n) is 2.15. The number of carbonyl (C=O) groups is 1. The van der Waals surface area contributed by atoms with Crippen LogP contribution >= 0.6 is 0 Å². The van der Waals surface area contributed by atoms with Crippen LogP contribution in [0.2, 0.25) is 0 Å². The Morgan fingerprint density at radius 3 is 2.21 bits per heavy atom. The highest BCUT2D eigenvalue weighted by Crippen LogP contribution is 2.29. The quantitative estimate of drug-likeness (QED) is 0.889. The summed E-state index contributed by atoms with van der Waals surface area (Å²) in [4.78, 5) is 11.2. The number of carboxylic acid groups (broad SMARTS) is 1. The molecule has 100 valence electrons. The molecular weight excluding hydrogens is 240 g/mol. The Labute approximate surface area is 112 Å². The van der Waals surface area contributed by atoms with Gasteiger partial charge in [-0.05, 0) is 38.8 Å². The first kappa shape index (κ1) is 13.3. The Bertz CT molecular complexity index is 590. The van der Waals surface area contributed by atoms with Crippen LogP contribution in [-0.4, -0.2) is 21.3 Å². The maximum Gasteiger partial charge on any atom is 0.313 e. The number of benzene rings is 1. The molecule has 0 aliphatic rings. The van der Waals surface area contributed by atoms with Crippen molar-refractivity contribution in [3.8, 4) is 11.1 Å². The van der Waals surface area contributed by atoms with Crippen molar-refractivity contribution in [1.29, 1.82) is 0 Å². The molecule has 0 fully saturated rings. The molecule has 0 saturated heterocycles. The molecule has 1 heterocycles. The Morgan fingerprint density at radius 1 is 1.21 bits per heavy atom. The lowest BCUT2D eigenvalue weighted by Gasteiger charge is -2.19. The number of hydrogen-bond donors (Lipinski definition) is 2. The van der Waals surface area contributed by atoms with Crippen molar-refractivity contribution in [3.05, 3.63) is 41.2 Å². The number of nitrogens with one attached hydrogen (secondary N) is 1. The maximum absolute atomic E-state index is 11.2. The van der Waals surface area contributed by atoms with Gasteiger partial charge in [0.2, 0.25) is 0 Å². The Balaban J connectivity index is 2.42. The first-order valence-corrected chi connectivity index (χ1v) is 6.20. The van der Waals surface area contributed by atoms with Gasteiger partial charge in [0.05, 0.1) is 11.1 Å². The Hall–Kier alpha value is -2.10. The van der Waals surface area contributed by atoms with E-state index in [1.165, 1.54) is 0 Å².